The van der Waals surface area contributed by atoms with E-state index in [-0.39, 0.29) is 40.4 Å². The monoisotopic (exact) mass is 1200 g/mol. The van der Waals surface area contributed by atoms with Gasteiger partial charge in [-0.2, -0.15) is 0 Å². The Bertz CT molecular complexity index is 4410. The molecule has 33 heteroatoms. The van der Waals surface area contributed by atoms with Gasteiger partial charge in [-0.05, 0) is 81.4 Å². The van der Waals surface area contributed by atoms with E-state index in [1.54, 1.807) is 36.6 Å². The highest BCUT2D eigenvalue weighted by molar-refractivity contribution is 6.31. The quantitative estimate of drug-likeness (QED) is 0.0382. The molecule has 0 aliphatic rings. The minimum absolute atomic E-state index is 0.0509. The summed E-state index contributed by atoms with van der Waals surface area (Å²) in [6, 6.07) is 13.0. The molecule has 0 radical (unpaired) electrons. The van der Waals surface area contributed by atoms with Crippen molar-refractivity contribution in [2.45, 2.75) is 38.9 Å². The number of hydrogen-bond donors (Lipinski definition) is 4. The van der Waals surface area contributed by atoms with E-state index in [1.807, 2.05) is 6.92 Å². The van der Waals surface area contributed by atoms with E-state index in [0.717, 1.165) is 37.2 Å². The third-order valence-electron chi connectivity index (χ3n) is 11.9. The first-order chi connectivity index (χ1) is 41.2. The second-order valence-electron chi connectivity index (χ2n) is 18.0. The largest absolute Gasteiger partial charge is 0.394 e. The van der Waals surface area contributed by atoms with Gasteiger partial charge in [0.15, 0.2) is 29.1 Å². The highest BCUT2D eigenvalue weighted by atomic mass is 35.5. The highest BCUT2D eigenvalue weighted by Crippen LogP contribution is 2.30. The number of nitrogens with two attached hydrogens (primary N) is 2. The molecule has 436 valence electrons. The second kappa shape index (κ2) is 25.9. The minimum atomic E-state index is -0.680. The van der Waals surface area contributed by atoms with Crippen LogP contribution in [0.5, 0.6) is 0 Å². The van der Waals surface area contributed by atoms with Gasteiger partial charge in [0.1, 0.15) is 81.3 Å². The molecule has 0 bridgehead atoms. The average Bonchev–Trinajstić information content (AvgIpc) is 4.25. The fourth-order valence-corrected chi connectivity index (χ4v) is 7.93. The number of hydrogen-bond acceptors (Lipinski definition) is 21. The average molecular weight is 1200 g/mol. The topological polar surface area (TPSA) is 343 Å². The molecule has 0 amide bonds. The maximum absolute atomic E-state index is 13.6. The predicted molar refractivity (Wildman–Crippen MR) is 298 cm³/mol. The fraction of sp³-hybridized carbons (Fsp3) is 0.113. The minimum Gasteiger partial charge on any atom is -0.394 e. The van der Waals surface area contributed by atoms with Crippen LogP contribution in [0.3, 0.4) is 0 Å². The van der Waals surface area contributed by atoms with Crippen LogP contribution in [0.25, 0.3) is 51.5 Å². The normalized spacial score (nSPS) is 12.0. The lowest BCUT2D eigenvalue weighted by molar-refractivity contribution is -0.385. The van der Waals surface area contributed by atoms with Gasteiger partial charge in [0.05, 0.1) is 94.6 Å². The number of fused-ring (bicyclic) bond motifs is 3. The number of nitrogen functional groups attached to an aromatic ring is 1. The lowest BCUT2D eigenvalue weighted by Gasteiger charge is -2.16. The molecule has 0 saturated carbocycles. The Balaban J connectivity index is 0.000000144. The second-order valence-corrected chi connectivity index (χ2v) is 18.4. The number of rotatable bonds is 12. The number of pyridine rings is 5. The molecule has 12 rings (SSSR count). The predicted octanol–water partition coefficient (Wildman–Crippen LogP) is 9.89. The molecule has 0 fully saturated rings. The van der Waals surface area contributed by atoms with E-state index < -0.39 is 56.5 Å². The number of nitro groups is 2. The standard InChI is InChI=1S/C18H13F2N7O2.C18H15F2N7.C11H5ClFN5O2.C6H8FN3/c1-10(13-4-2-11(19)6-21-13)24-18-15(27(28)29)8-23-17(25-18)14-7-22-16-5-3-12(20)9-26(14)16;1-10(14-4-2-11(19)6-22-14)25-17-13(21)7-24-18(26-17)15-8-23-16-5-3-12(20)9-27(15)16;12-10-7(18(19)20)3-15-11(16-10)8-4-14-9-2-1-6(13)5-17(8)9;1-4(8)6-9-2-5(7)3-10-6/h2-10H,1H3,(H,23,24,25);2-10H,21H2,1H3,(H,24,25,26);1-5H;2-4H,8H2,1H3/t2*10-;;4-/m00.0/s1. The summed E-state index contributed by atoms with van der Waals surface area (Å²) in [5.74, 6) is -1.28. The lowest BCUT2D eigenvalue weighted by Crippen LogP contribution is -2.12. The van der Waals surface area contributed by atoms with Crippen molar-refractivity contribution in [1.29, 1.82) is 0 Å². The van der Waals surface area contributed by atoms with Crippen LogP contribution in [0.4, 0.5) is 55.0 Å². The number of halogens is 7. The molecular weight excluding hydrogens is 1160 g/mol. The summed E-state index contributed by atoms with van der Waals surface area (Å²) in [6.07, 6.45) is 16.1. The zero-order valence-electron chi connectivity index (χ0n) is 44.5. The summed E-state index contributed by atoms with van der Waals surface area (Å²) in [7, 11) is 0. The molecule has 12 aromatic rings. The lowest BCUT2D eigenvalue weighted by atomic mass is 10.2. The van der Waals surface area contributed by atoms with Crippen molar-refractivity contribution in [2.75, 3.05) is 16.4 Å². The van der Waals surface area contributed by atoms with Gasteiger partial charge in [-0.1, -0.05) is 11.6 Å². The number of nitrogens with zero attached hydrogens (tertiary/aromatic N) is 18. The molecule has 0 aliphatic carbocycles. The van der Waals surface area contributed by atoms with Crippen molar-refractivity contribution in [2.24, 2.45) is 5.73 Å². The van der Waals surface area contributed by atoms with Gasteiger partial charge >= 0.3 is 11.4 Å². The molecule has 0 aromatic carbocycles. The number of anilines is 3. The van der Waals surface area contributed by atoms with Crippen molar-refractivity contribution >= 4 is 57.2 Å². The molecule has 0 saturated heterocycles. The molecule has 0 unspecified atom stereocenters. The smallest absolute Gasteiger partial charge is 0.329 e. The first kappa shape index (κ1) is 59.3. The zero-order chi connectivity index (χ0) is 61.3. The number of imidazole rings is 3. The van der Waals surface area contributed by atoms with E-state index >= 15 is 0 Å². The van der Waals surface area contributed by atoms with Gasteiger partial charge in [-0.15, -0.1) is 0 Å². The van der Waals surface area contributed by atoms with Crippen molar-refractivity contribution < 1.29 is 36.2 Å². The maximum Gasteiger partial charge on any atom is 0.329 e. The summed E-state index contributed by atoms with van der Waals surface area (Å²) >= 11 is 5.73. The molecule has 12 heterocycles. The summed E-state index contributed by atoms with van der Waals surface area (Å²) in [4.78, 5) is 73.2. The van der Waals surface area contributed by atoms with Gasteiger partial charge < -0.3 is 22.1 Å². The molecule has 26 nitrogen and oxygen atoms in total. The third kappa shape index (κ3) is 14.0. The van der Waals surface area contributed by atoms with Crippen molar-refractivity contribution in [3.63, 3.8) is 0 Å². The Morgan fingerprint density at radius 3 is 1.26 bits per heavy atom. The Hall–Kier alpha value is -11.3. The maximum atomic E-state index is 13.6. The SMILES string of the molecule is C[C@H](N)c1ncc(F)cn1.C[C@H](Nc1nc(-c2cnc3ccc(F)cn23)ncc1N)c1ccc(F)cn1.C[C@H](Nc1nc(-c2cnc3ccc(F)cn23)ncc1[N+](=O)[O-])c1ccc(F)cn1.O=[N+]([O-])c1cnc(-c2cnc3ccc(F)cn23)nc1Cl. The Kier molecular flexibility index (Phi) is 17.9. The van der Waals surface area contributed by atoms with Gasteiger partial charge in [0.25, 0.3) is 0 Å². The van der Waals surface area contributed by atoms with Crippen LogP contribution in [0.15, 0.2) is 141 Å². The molecule has 6 N–H and O–H groups in total. The van der Waals surface area contributed by atoms with Crippen LogP contribution in [0.2, 0.25) is 5.15 Å². The Morgan fingerprint density at radius 1 is 0.465 bits per heavy atom. The van der Waals surface area contributed by atoms with E-state index in [0.29, 0.717) is 68.6 Å². The first-order valence-corrected chi connectivity index (χ1v) is 25.3. The summed E-state index contributed by atoms with van der Waals surface area (Å²) in [5.41, 5.74) is 14.9. The highest BCUT2D eigenvalue weighted by Gasteiger charge is 2.23. The molecule has 12 aromatic heterocycles. The zero-order valence-corrected chi connectivity index (χ0v) is 45.3. The molecule has 86 heavy (non-hydrogen) atoms. The van der Waals surface area contributed by atoms with E-state index in [2.05, 4.69) is 75.4 Å². The van der Waals surface area contributed by atoms with Gasteiger partial charge in [-0.25, -0.2) is 81.2 Å². The summed E-state index contributed by atoms with van der Waals surface area (Å²) in [5, 5.41) is 27.8. The van der Waals surface area contributed by atoms with Crippen molar-refractivity contribution in [3.8, 4) is 34.6 Å². The van der Waals surface area contributed by atoms with E-state index in [4.69, 9.17) is 23.1 Å². The van der Waals surface area contributed by atoms with Gasteiger partial charge in [-0.3, -0.25) is 43.4 Å². The molecular formula is C53H41ClF6N22O4. The van der Waals surface area contributed by atoms with E-state index in [1.165, 1.54) is 94.5 Å². The van der Waals surface area contributed by atoms with Crippen LogP contribution in [0, 0.1) is 55.1 Å². The van der Waals surface area contributed by atoms with Crippen molar-refractivity contribution in [3.05, 3.63) is 219 Å². The van der Waals surface area contributed by atoms with Crippen LogP contribution < -0.4 is 22.1 Å². The van der Waals surface area contributed by atoms with Gasteiger partial charge in [0.2, 0.25) is 11.0 Å². The number of nitrogens with one attached hydrogen (secondary N) is 2. The Labute approximate surface area is 484 Å². The molecule has 3 atom stereocenters. The third-order valence-corrected chi connectivity index (χ3v) is 12.2. The van der Waals surface area contributed by atoms with E-state index in [9.17, 15) is 46.6 Å². The fourth-order valence-electron chi connectivity index (χ4n) is 7.73. The summed E-state index contributed by atoms with van der Waals surface area (Å²) in [6.45, 7) is 5.30. The van der Waals surface area contributed by atoms with Crippen LogP contribution in [-0.4, -0.2) is 87.8 Å². The molecule has 0 spiro atoms. The Morgan fingerprint density at radius 2 is 0.849 bits per heavy atom. The summed E-state index contributed by atoms with van der Waals surface area (Å²) < 4.78 is 83.2. The van der Waals surface area contributed by atoms with Crippen LogP contribution in [-0.2, 0) is 0 Å². The van der Waals surface area contributed by atoms with Crippen LogP contribution >= 0.6 is 11.6 Å². The molecule has 0 aliphatic heterocycles. The first-order valence-electron chi connectivity index (χ1n) is 24.9. The van der Waals surface area contributed by atoms with Crippen molar-refractivity contribution in [1.82, 2.24) is 78.0 Å². The number of aromatic nitrogens is 16. The van der Waals surface area contributed by atoms with Gasteiger partial charge in [0, 0.05) is 18.6 Å². The van der Waals surface area contributed by atoms with Crippen LogP contribution in [0.1, 0.15) is 56.1 Å².